The minimum Gasteiger partial charge on any atom is -0.339 e. The van der Waals surface area contributed by atoms with Crippen LogP contribution in [-0.4, -0.2) is 43.8 Å². The third kappa shape index (κ3) is 5.30. The summed E-state index contributed by atoms with van der Waals surface area (Å²) in [4.78, 5) is 26.0. The van der Waals surface area contributed by atoms with Crippen molar-refractivity contribution in [2.45, 2.75) is 22.0 Å². The molecular weight excluding hydrogens is 391 g/mol. The number of thioether (sulfide) groups is 1. The fourth-order valence-corrected chi connectivity index (χ4v) is 3.93. The van der Waals surface area contributed by atoms with Gasteiger partial charge in [0.25, 0.3) is 5.24 Å². The molecule has 0 aromatic heterocycles. The highest BCUT2D eigenvalue weighted by Crippen LogP contribution is 2.23. The SMILES string of the molecule is CC(C(=O)Nc1ccc(SC(=O)N(C)C)cc1)S(=O)(=O)c1ccc(F)cc1. The second kappa shape index (κ2) is 8.53. The number of rotatable bonds is 5. The number of nitrogens with zero attached hydrogens (tertiary/aromatic N) is 1. The van der Waals surface area contributed by atoms with E-state index in [-0.39, 0.29) is 10.1 Å². The van der Waals surface area contributed by atoms with E-state index >= 15 is 0 Å². The molecule has 0 radical (unpaired) electrons. The average Bonchev–Trinajstić information content (AvgIpc) is 2.62. The van der Waals surface area contributed by atoms with Gasteiger partial charge in [-0.1, -0.05) is 0 Å². The molecule has 0 fully saturated rings. The van der Waals surface area contributed by atoms with Crippen LogP contribution in [0.2, 0.25) is 0 Å². The Labute approximate surface area is 161 Å². The summed E-state index contributed by atoms with van der Waals surface area (Å²) in [5.74, 6) is -1.26. The van der Waals surface area contributed by atoms with Crippen LogP contribution < -0.4 is 5.32 Å². The van der Waals surface area contributed by atoms with E-state index in [1.165, 1.54) is 11.8 Å². The Bertz CT molecular complexity index is 927. The third-order valence-electron chi connectivity index (χ3n) is 3.67. The zero-order chi connectivity index (χ0) is 20.2. The molecule has 144 valence electrons. The average molecular weight is 410 g/mol. The first-order chi connectivity index (χ1) is 12.6. The molecule has 0 aliphatic rings. The predicted octanol–water partition coefficient (Wildman–Crippen LogP) is 3.40. The van der Waals surface area contributed by atoms with E-state index in [0.717, 1.165) is 36.0 Å². The zero-order valence-electron chi connectivity index (χ0n) is 15.0. The molecule has 2 amide bonds. The maximum absolute atomic E-state index is 13.0. The molecule has 2 aromatic rings. The van der Waals surface area contributed by atoms with Crippen molar-refractivity contribution >= 4 is 38.4 Å². The maximum atomic E-state index is 13.0. The lowest BCUT2D eigenvalue weighted by molar-refractivity contribution is -0.115. The van der Waals surface area contributed by atoms with Crippen LogP contribution in [0.3, 0.4) is 0 Å². The number of halogens is 1. The number of sulfone groups is 1. The first-order valence-electron chi connectivity index (χ1n) is 7.91. The van der Waals surface area contributed by atoms with Crippen LogP contribution in [0.15, 0.2) is 58.3 Å². The lowest BCUT2D eigenvalue weighted by atomic mass is 10.3. The second-order valence-corrected chi connectivity index (χ2v) is 9.21. The van der Waals surface area contributed by atoms with Gasteiger partial charge >= 0.3 is 0 Å². The molecule has 1 unspecified atom stereocenters. The van der Waals surface area contributed by atoms with Crippen molar-refractivity contribution in [2.75, 3.05) is 19.4 Å². The second-order valence-electron chi connectivity index (χ2n) is 5.92. The van der Waals surface area contributed by atoms with Crippen LogP contribution >= 0.6 is 11.8 Å². The molecule has 27 heavy (non-hydrogen) atoms. The summed E-state index contributed by atoms with van der Waals surface area (Å²) < 4.78 is 37.9. The van der Waals surface area contributed by atoms with Crippen LogP contribution in [0.25, 0.3) is 0 Å². The molecule has 0 aliphatic heterocycles. The Balaban J connectivity index is 2.07. The number of hydrogen-bond donors (Lipinski definition) is 1. The summed E-state index contributed by atoms with van der Waals surface area (Å²) in [6, 6.07) is 10.8. The normalized spacial score (nSPS) is 12.3. The van der Waals surface area contributed by atoms with Gasteiger partial charge in [0.2, 0.25) is 5.91 Å². The highest BCUT2D eigenvalue weighted by atomic mass is 32.2. The lowest BCUT2D eigenvalue weighted by Crippen LogP contribution is -2.32. The Morgan fingerprint density at radius 3 is 2.11 bits per heavy atom. The van der Waals surface area contributed by atoms with Gasteiger partial charge in [0.15, 0.2) is 9.84 Å². The molecule has 6 nitrogen and oxygen atoms in total. The highest BCUT2D eigenvalue weighted by molar-refractivity contribution is 8.13. The summed E-state index contributed by atoms with van der Waals surface area (Å²) in [5, 5.41) is 1.05. The van der Waals surface area contributed by atoms with Gasteiger partial charge in [0.05, 0.1) is 4.90 Å². The van der Waals surface area contributed by atoms with E-state index in [4.69, 9.17) is 0 Å². The lowest BCUT2D eigenvalue weighted by Gasteiger charge is -2.14. The molecule has 0 saturated heterocycles. The minimum atomic E-state index is -3.94. The fourth-order valence-electron chi connectivity index (χ4n) is 2.01. The van der Waals surface area contributed by atoms with Crippen molar-refractivity contribution in [3.05, 3.63) is 54.3 Å². The molecule has 0 heterocycles. The van der Waals surface area contributed by atoms with Gasteiger partial charge in [0, 0.05) is 24.7 Å². The van der Waals surface area contributed by atoms with E-state index in [9.17, 15) is 22.4 Å². The highest BCUT2D eigenvalue weighted by Gasteiger charge is 2.29. The van der Waals surface area contributed by atoms with Crippen molar-refractivity contribution in [3.8, 4) is 0 Å². The van der Waals surface area contributed by atoms with Gasteiger partial charge in [-0.05, 0) is 67.2 Å². The van der Waals surface area contributed by atoms with E-state index < -0.39 is 26.8 Å². The van der Waals surface area contributed by atoms with E-state index in [0.29, 0.717) is 10.6 Å². The van der Waals surface area contributed by atoms with Gasteiger partial charge in [0.1, 0.15) is 11.1 Å². The van der Waals surface area contributed by atoms with E-state index in [1.807, 2.05) is 0 Å². The van der Waals surface area contributed by atoms with E-state index in [2.05, 4.69) is 5.32 Å². The Morgan fingerprint density at radius 2 is 1.59 bits per heavy atom. The quantitative estimate of drug-likeness (QED) is 0.603. The van der Waals surface area contributed by atoms with Crippen molar-refractivity contribution < 1.29 is 22.4 Å². The van der Waals surface area contributed by atoms with Crippen molar-refractivity contribution in [1.29, 1.82) is 0 Å². The Morgan fingerprint density at radius 1 is 1.04 bits per heavy atom. The van der Waals surface area contributed by atoms with Crippen LogP contribution in [0.5, 0.6) is 0 Å². The smallest absolute Gasteiger partial charge is 0.285 e. The molecule has 2 rings (SSSR count). The number of benzene rings is 2. The van der Waals surface area contributed by atoms with Gasteiger partial charge in [-0.3, -0.25) is 9.59 Å². The third-order valence-corrected chi connectivity index (χ3v) is 6.79. The monoisotopic (exact) mass is 410 g/mol. The summed E-state index contributed by atoms with van der Waals surface area (Å²) in [6.45, 7) is 1.27. The summed E-state index contributed by atoms with van der Waals surface area (Å²) in [5.41, 5.74) is 0.405. The number of anilines is 1. The molecule has 0 saturated carbocycles. The van der Waals surface area contributed by atoms with Gasteiger partial charge in [-0.2, -0.15) is 0 Å². The molecule has 1 atom stereocenters. The summed E-state index contributed by atoms with van der Waals surface area (Å²) >= 11 is 1.04. The van der Waals surface area contributed by atoms with Gasteiger partial charge in [-0.15, -0.1) is 0 Å². The number of nitrogens with one attached hydrogen (secondary N) is 1. The Kier molecular flexibility index (Phi) is 6.61. The molecule has 2 aromatic carbocycles. The van der Waals surface area contributed by atoms with Gasteiger partial charge in [-0.25, -0.2) is 12.8 Å². The predicted molar refractivity (Wildman–Crippen MR) is 103 cm³/mol. The number of amides is 2. The molecule has 0 bridgehead atoms. The number of carbonyl (C=O) groups excluding carboxylic acids is 2. The first kappa shape index (κ1) is 20.9. The maximum Gasteiger partial charge on any atom is 0.285 e. The largest absolute Gasteiger partial charge is 0.339 e. The standard InChI is InChI=1S/C18H19FN2O4S2/c1-12(27(24,25)16-10-4-13(19)5-11-16)17(22)20-14-6-8-15(9-7-14)26-18(23)21(2)3/h4-12H,1-3H3,(H,20,22). The van der Waals surface area contributed by atoms with E-state index in [1.54, 1.807) is 38.4 Å². The van der Waals surface area contributed by atoms with Crippen molar-refractivity contribution in [1.82, 2.24) is 4.90 Å². The summed E-state index contributed by atoms with van der Waals surface area (Å²) in [7, 11) is -0.650. The minimum absolute atomic E-state index is 0.125. The van der Waals surface area contributed by atoms with Crippen molar-refractivity contribution in [2.24, 2.45) is 0 Å². The number of carbonyl (C=O) groups is 2. The fraction of sp³-hybridized carbons (Fsp3) is 0.222. The van der Waals surface area contributed by atoms with Gasteiger partial charge < -0.3 is 10.2 Å². The topological polar surface area (TPSA) is 83.6 Å². The Hall–Kier alpha value is -2.39. The van der Waals surface area contributed by atoms with Crippen LogP contribution in [0.1, 0.15) is 6.92 Å². The summed E-state index contributed by atoms with van der Waals surface area (Å²) in [6.07, 6.45) is 0. The van der Waals surface area contributed by atoms with Crippen LogP contribution in [-0.2, 0) is 14.6 Å². The molecule has 0 aliphatic carbocycles. The van der Waals surface area contributed by atoms with Crippen LogP contribution in [0.4, 0.5) is 14.9 Å². The molecule has 1 N–H and O–H groups in total. The number of hydrogen-bond acceptors (Lipinski definition) is 5. The first-order valence-corrected chi connectivity index (χ1v) is 10.3. The van der Waals surface area contributed by atoms with Crippen molar-refractivity contribution in [3.63, 3.8) is 0 Å². The molecule has 0 spiro atoms. The molecular formula is C18H19FN2O4S2. The molecule has 9 heteroatoms. The zero-order valence-corrected chi connectivity index (χ0v) is 16.6. The van der Waals surface area contributed by atoms with Crippen LogP contribution in [0, 0.1) is 5.82 Å².